The number of hydrogen-bond donors (Lipinski definition) is 0. The average molecular weight is 342 g/mol. The van der Waals surface area contributed by atoms with Crippen LogP contribution >= 0.6 is 0 Å². The van der Waals surface area contributed by atoms with Crippen molar-refractivity contribution < 1.29 is 7.00 Å². The van der Waals surface area contributed by atoms with Gasteiger partial charge >= 0.3 is 124 Å². The Morgan fingerprint density at radius 3 is 0.905 bits per heavy atom. The summed E-state index contributed by atoms with van der Waals surface area (Å²) in [5, 5.41) is 0. The summed E-state index contributed by atoms with van der Waals surface area (Å²) in [6.45, 7) is 0. The van der Waals surface area contributed by atoms with Crippen LogP contribution in [0, 0.1) is 0 Å². The van der Waals surface area contributed by atoms with E-state index in [1.165, 1.54) is 0 Å². The number of halogens is 2. The fourth-order valence-corrected chi connectivity index (χ4v) is 9.69. The monoisotopic (exact) mass is 343 g/mol. The molecule has 0 saturated carbocycles. The molecule has 0 aliphatic carbocycles. The molecule has 0 bridgehead atoms. The fraction of sp³-hybridized carbons (Fsp3) is 0. The van der Waals surface area contributed by atoms with Crippen molar-refractivity contribution in [3.8, 4) is 0 Å². The van der Waals surface area contributed by atoms with Gasteiger partial charge in [0, 0.05) is 0 Å². The standard InChI is InChI=1S/C18H15F2Ge/c19-21(20,16-10-4-1-5-11-16,17-12-6-2-7-13-17)18-14-8-3-9-15-18/h1-15H/q-1. The first-order valence-electron chi connectivity index (χ1n) is 6.86. The zero-order valence-corrected chi connectivity index (χ0v) is 13.5. The second kappa shape index (κ2) is 5.12. The van der Waals surface area contributed by atoms with Crippen molar-refractivity contribution in [2.24, 2.45) is 0 Å². The molecule has 3 aromatic carbocycles. The van der Waals surface area contributed by atoms with Gasteiger partial charge in [-0.3, -0.25) is 0 Å². The quantitative estimate of drug-likeness (QED) is 0.642. The Morgan fingerprint density at radius 2 is 0.667 bits per heavy atom. The first-order chi connectivity index (χ1) is 10.1. The Labute approximate surface area is 124 Å². The Kier molecular flexibility index (Phi) is 3.42. The normalized spacial score (nSPS) is 13.3. The number of benzene rings is 3. The molecule has 0 radical (unpaired) electrons. The molecule has 106 valence electrons. The van der Waals surface area contributed by atoms with Crippen LogP contribution < -0.4 is 13.2 Å². The zero-order valence-electron chi connectivity index (χ0n) is 11.4. The Hall–Kier alpha value is -1.94. The summed E-state index contributed by atoms with van der Waals surface area (Å²) in [6, 6.07) is 24.7. The van der Waals surface area contributed by atoms with Gasteiger partial charge in [-0.15, -0.1) is 0 Å². The van der Waals surface area contributed by atoms with E-state index in [-0.39, 0.29) is 13.2 Å². The summed E-state index contributed by atoms with van der Waals surface area (Å²) in [5.41, 5.74) is 0. The predicted molar refractivity (Wildman–Crippen MR) is 86.2 cm³/mol. The molecular weight excluding hydrogens is 327 g/mol. The van der Waals surface area contributed by atoms with Crippen molar-refractivity contribution in [1.82, 2.24) is 0 Å². The van der Waals surface area contributed by atoms with E-state index in [1.54, 1.807) is 91.0 Å². The van der Waals surface area contributed by atoms with E-state index >= 15 is 7.00 Å². The van der Waals surface area contributed by atoms with Crippen LogP contribution in [0.4, 0.5) is 7.00 Å². The molecule has 0 spiro atoms. The molecule has 0 aliphatic heterocycles. The van der Waals surface area contributed by atoms with Gasteiger partial charge in [-0.05, 0) is 0 Å². The van der Waals surface area contributed by atoms with Gasteiger partial charge in [0.15, 0.2) is 0 Å². The van der Waals surface area contributed by atoms with Gasteiger partial charge in [-0.1, -0.05) is 0 Å². The molecule has 3 rings (SSSR count). The third kappa shape index (κ3) is 2.20. The number of hydrogen-bond acceptors (Lipinski definition) is 0. The maximum absolute atomic E-state index is 16.2. The van der Waals surface area contributed by atoms with Crippen LogP contribution in [0.5, 0.6) is 0 Å². The zero-order chi connectivity index (χ0) is 14.8. The topological polar surface area (TPSA) is 0 Å². The molecule has 0 fully saturated rings. The Morgan fingerprint density at radius 1 is 0.429 bits per heavy atom. The summed E-state index contributed by atoms with van der Waals surface area (Å²) >= 11 is -6.21. The summed E-state index contributed by atoms with van der Waals surface area (Å²) in [5.74, 6) is 0. The van der Waals surface area contributed by atoms with E-state index in [4.69, 9.17) is 0 Å². The molecule has 3 aromatic rings. The van der Waals surface area contributed by atoms with E-state index in [1.807, 2.05) is 0 Å². The van der Waals surface area contributed by atoms with Crippen LogP contribution in [0.15, 0.2) is 91.0 Å². The molecule has 0 aromatic heterocycles. The van der Waals surface area contributed by atoms with Crippen LogP contribution in [0.1, 0.15) is 0 Å². The van der Waals surface area contributed by atoms with Crippen LogP contribution in [-0.4, -0.2) is 13.1 Å². The maximum atomic E-state index is 16.2. The first-order valence-corrected chi connectivity index (χ1v) is 11.6. The van der Waals surface area contributed by atoms with Crippen molar-refractivity contribution in [3.63, 3.8) is 0 Å². The van der Waals surface area contributed by atoms with Gasteiger partial charge in [0.2, 0.25) is 0 Å². The molecule has 0 unspecified atom stereocenters. The number of rotatable bonds is 3. The predicted octanol–water partition coefficient (Wildman–Crippen LogP) is 3.04. The minimum atomic E-state index is -6.21. The van der Waals surface area contributed by atoms with Crippen molar-refractivity contribution in [2.45, 2.75) is 0 Å². The molecule has 0 aliphatic rings. The second-order valence-electron chi connectivity index (χ2n) is 5.11. The van der Waals surface area contributed by atoms with E-state index in [0.29, 0.717) is 0 Å². The minimum absolute atomic E-state index is 0.159. The molecule has 21 heavy (non-hydrogen) atoms. The van der Waals surface area contributed by atoms with Crippen LogP contribution in [0.25, 0.3) is 0 Å². The fourth-order valence-electron chi connectivity index (χ4n) is 2.69. The van der Waals surface area contributed by atoms with Crippen molar-refractivity contribution in [3.05, 3.63) is 91.0 Å². The second-order valence-corrected chi connectivity index (χ2v) is 13.0. The molecule has 0 heterocycles. The Bertz CT molecular complexity index is 622. The summed E-state index contributed by atoms with van der Waals surface area (Å²) in [7, 11) is 0. The van der Waals surface area contributed by atoms with Crippen molar-refractivity contribution in [1.29, 1.82) is 0 Å². The van der Waals surface area contributed by atoms with Gasteiger partial charge in [-0.2, -0.15) is 0 Å². The third-order valence-corrected chi connectivity index (χ3v) is 12.3. The van der Waals surface area contributed by atoms with Gasteiger partial charge in [-0.25, -0.2) is 0 Å². The van der Waals surface area contributed by atoms with Gasteiger partial charge in [0.05, 0.1) is 0 Å². The molecule has 0 amide bonds. The summed E-state index contributed by atoms with van der Waals surface area (Å²) in [6.07, 6.45) is 0. The van der Waals surface area contributed by atoms with E-state index in [2.05, 4.69) is 0 Å². The van der Waals surface area contributed by atoms with Crippen LogP contribution in [-0.2, 0) is 0 Å². The third-order valence-electron chi connectivity index (χ3n) is 3.84. The van der Waals surface area contributed by atoms with Crippen LogP contribution in [0.2, 0.25) is 0 Å². The van der Waals surface area contributed by atoms with Crippen LogP contribution in [0.3, 0.4) is 0 Å². The molecule has 0 nitrogen and oxygen atoms in total. The van der Waals surface area contributed by atoms with Crippen molar-refractivity contribution in [2.75, 3.05) is 0 Å². The molecular formula is C18H15F2Ge-. The molecule has 3 heteroatoms. The molecule has 0 N–H and O–H groups in total. The molecule has 0 atom stereocenters. The van der Waals surface area contributed by atoms with E-state index in [9.17, 15) is 0 Å². The SMILES string of the molecule is [F][Ge-]([F])([c]1ccccc1)([c]1ccccc1)[c]1ccccc1. The van der Waals surface area contributed by atoms with Gasteiger partial charge < -0.3 is 0 Å². The first kappa shape index (κ1) is 14.0. The Balaban J connectivity index is 2.36. The summed E-state index contributed by atoms with van der Waals surface area (Å²) < 4.78 is 32.9. The van der Waals surface area contributed by atoms with E-state index in [0.717, 1.165) is 0 Å². The van der Waals surface area contributed by atoms with Crippen molar-refractivity contribution >= 4 is 26.3 Å². The van der Waals surface area contributed by atoms with Gasteiger partial charge in [0.1, 0.15) is 0 Å². The summed E-state index contributed by atoms with van der Waals surface area (Å²) in [4.78, 5) is 0. The van der Waals surface area contributed by atoms with Gasteiger partial charge in [0.25, 0.3) is 0 Å². The molecule has 0 saturated heterocycles. The average Bonchev–Trinajstić information content (AvgIpc) is 2.57. The van der Waals surface area contributed by atoms with E-state index < -0.39 is 13.1 Å².